The molecule has 1 saturated carbocycles. The van der Waals surface area contributed by atoms with Crippen molar-refractivity contribution in [2.75, 3.05) is 13.1 Å². The fraction of sp³-hybridized carbons (Fsp3) is 0.381. The number of likely N-dealkylation sites (tertiary alicyclic amines) is 1. The van der Waals surface area contributed by atoms with Crippen LogP contribution >= 0.6 is 0 Å². The van der Waals surface area contributed by atoms with Crippen molar-refractivity contribution in [3.8, 4) is 5.75 Å². The summed E-state index contributed by atoms with van der Waals surface area (Å²) in [6.45, 7) is 1.26. The number of aromatic nitrogens is 3. The largest absolute Gasteiger partial charge is 0.488 e. The van der Waals surface area contributed by atoms with Crippen LogP contribution in [-0.2, 0) is 0 Å². The predicted molar refractivity (Wildman–Crippen MR) is 102 cm³/mol. The van der Waals surface area contributed by atoms with Crippen molar-refractivity contribution in [2.24, 2.45) is 11.8 Å². The first-order valence-electron chi connectivity index (χ1n) is 9.76. The number of halogens is 1. The molecule has 7 nitrogen and oxygen atoms in total. The maximum absolute atomic E-state index is 13.1. The van der Waals surface area contributed by atoms with Gasteiger partial charge in [0.05, 0.1) is 6.10 Å². The number of aliphatic hydroxyl groups excluding tert-OH is 1. The quantitative estimate of drug-likeness (QED) is 0.734. The highest BCUT2D eigenvalue weighted by Crippen LogP contribution is 2.38. The van der Waals surface area contributed by atoms with Gasteiger partial charge in [0.15, 0.2) is 5.65 Å². The molecule has 4 atom stereocenters. The number of carbonyl (C=O) groups excluding carboxylic acids is 1. The molecule has 1 N–H and O–H groups in total. The van der Waals surface area contributed by atoms with Crippen LogP contribution in [0.3, 0.4) is 0 Å². The number of amides is 1. The minimum Gasteiger partial charge on any atom is -0.488 e. The van der Waals surface area contributed by atoms with Gasteiger partial charge in [-0.15, -0.1) is 0 Å². The Balaban J connectivity index is 1.27. The highest BCUT2D eigenvalue weighted by molar-refractivity contribution is 5.95. The zero-order valence-electron chi connectivity index (χ0n) is 15.7. The van der Waals surface area contributed by atoms with Crippen molar-refractivity contribution in [1.29, 1.82) is 0 Å². The summed E-state index contributed by atoms with van der Waals surface area (Å²) >= 11 is 0. The molecule has 2 aliphatic rings. The first kappa shape index (κ1) is 18.1. The van der Waals surface area contributed by atoms with Crippen LogP contribution in [0.15, 0.2) is 48.9 Å². The molecular formula is C21H21FN4O3. The zero-order chi connectivity index (χ0) is 20.0. The smallest absolute Gasteiger partial charge is 0.254 e. The first-order chi connectivity index (χ1) is 14.1. The zero-order valence-corrected chi connectivity index (χ0v) is 15.7. The molecule has 3 heterocycles. The summed E-state index contributed by atoms with van der Waals surface area (Å²) in [5, 5.41) is 14.6. The second-order valence-electron chi connectivity index (χ2n) is 7.86. The third kappa shape index (κ3) is 3.44. The van der Waals surface area contributed by atoms with Crippen LogP contribution in [0.2, 0.25) is 0 Å². The summed E-state index contributed by atoms with van der Waals surface area (Å²) in [4.78, 5) is 19.0. The van der Waals surface area contributed by atoms with Gasteiger partial charge in [0.2, 0.25) is 0 Å². The third-order valence-corrected chi connectivity index (χ3v) is 6.00. The maximum Gasteiger partial charge on any atom is 0.254 e. The van der Waals surface area contributed by atoms with Crippen molar-refractivity contribution < 1.29 is 19.0 Å². The van der Waals surface area contributed by atoms with Crippen LogP contribution in [0.4, 0.5) is 4.39 Å². The fourth-order valence-corrected chi connectivity index (χ4v) is 4.50. The minimum absolute atomic E-state index is 0.0320. The van der Waals surface area contributed by atoms with Gasteiger partial charge in [0.25, 0.3) is 5.91 Å². The summed E-state index contributed by atoms with van der Waals surface area (Å²) in [7, 11) is 0. The lowest BCUT2D eigenvalue weighted by atomic mass is 9.78. The van der Waals surface area contributed by atoms with Gasteiger partial charge in [-0.1, -0.05) is 0 Å². The number of aliphatic hydroxyl groups is 1. The Kier molecular flexibility index (Phi) is 4.43. The lowest BCUT2D eigenvalue weighted by Gasteiger charge is -2.35. The molecular weight excluding hydrogens is 375 g/mol. The molecule has 8 heteroatoms. The number of pyridine rings is 1. The highest BCUT2D eigenvalue weighted by atomic mass is 19.1. The van der Waals surface area contributed by atoms with E-state index in [1.807, 2.05) is 4.90 Å². The topological polar surface area (TPSA) is 80.0 Å². The van der Waals surface area contributed by atoms with E-state index in [-0.39, 0.29) is 29.7 Å². The molecule has 2 fully saturated rings. The second-order valence-corrected chi connectivity index (χ2v) is 7.86. The van der Waals surface area contributed by atoms with Gasteiger partial charge in [-0.05, 0) is 61.1 Å². The number of rotatable bonds is 3. The van der Waals surface area contributed by atoms with E-state index in [2.05, 4.69) is 10.1 Å². The Bertz CT molecular complexity index is 1040. The van der Waals surface area contributed by atoms with E-state index in [0.29, 0.717) is 42.9 Å². The van der Waals surface area contributed by atoms with Crippen LogP contribution in [0, 0.1) is 17.7 Å². The van der Waals surface area contributed by atoms with Gasteiger partial charge in [0.1, 0.15) is 24.0 Å². The molecule has 150 valence electrons. The van der Waals surface area contributed by atoms with Crippen LogP contribution in [-0.4, -0.2) is 55.8 Å². The normalized spacial score (nSPS) is 26.5. The number of nitrogens with zero attached hydrogens (tertiary/aromatic N) is 4. The van der Waals surface area contributed by atoms with Gasteiger partial charge in [0, 0.05) is 24.8 Å². The molecule has 1 saturated heterocycles. The Morgan fingerprint density at radius 2 is 1.90 bits per heavy atom. The number of ether oxygens (including phenoxy) is 1. The lowest BCUT2D eigenvalue weighted by molar-refractivity contribution is -0.0231. The van der Waals surface area contributed by atoms with Gasteiger partial charge in [-0.25, -0.2) is 13.9 Å². The van der Waals surface area contributed by atoms with E-state index in [9.17, 15) is 14.3 Å². The highest BCUT2D eigenvalue weighted by Gasteiger charge is 2.44. The Morgan fingerprint density at radius 3 is 2.69 bits per heavy atom. The number of fused-ring (bicyclic) bond motifs is 2. The Hall–Kier alpha value is -3.00. The van der Waals surface area contributed by atoms with Crippen molar-refractivity contribution in [2.45, 2.75) is 25.0 Å². The van der Waals surface area contributed by atoms with Gasteiger partial charge < -0.3 is 14.7 Å². The monoisotopic (exact) mass is 396 g/mol. The summed E-state index contributed by atoms with van der Waals surface area (Å²) in [5.41, 5.74) is 1.22. The van der Waals surface area contributed by atoms with E-state index >= 15 is 0 Å². The predicted octanol–water partition coefficient (Wildman–Crippen LogP) is 2.16. The summed E-state index contributed by atoms with van der Waals surface area (Å²) in [6.07, 6.45) is 3.47. The van der Waals surface area contributed by atoms with Crippen LogP contribution < -0.4 is 4.74 Å². The van der Waals surface area contributed by atoms with E-state index in [0.717, 1.165) is 0 Å². The molecule has 1 aliphatic carbocycles. The molecule has 0 bridgehead atoms. The Labute approximate surface area is 166 Å². The fourth-order valence-electron chi connectivity index (χ4n) is 4.50. The van der Waals surface area contributed by atoms with Crippen LogP contribution in [0.5, 0.6) is 5.75 Å². The average Bonchev–Trinajstić information content (AvgIpc) is 3.35. The van der Waals surface area contributed by atoms with Crippen molar-refractivity contribution >= 4 is 11.6 Å². The first-order valence-corrected chi connectivity index (χ1v) is 9.76. The third-order valence-electron chi connectivity index (χ3n) is 6.00. The summed E-state index contributed by atoms with van der Waals surface area (Å²) in [6, 6.07) is 9.32. The summed E-state index contributed by atoms with van der Waals surface area (Å²) in [5.74, 6) is 0.705. The molecule has 0 spiro atoms. The van der Waals surface area contributed by atoms with E-state index in [1.54, 1.807) is 35.0 Å². The molecule has 1 amide bonds. The average molecular weight is 396 g/mol. The van der Waals surface area contributed by atoms with Crippen LogP contribution in [0.1, 0.15) is 23.2 Å². The number of benzene rings is 1. The molecule has 3 aromatic rings. The SMILES string of the molecule is O=C(c1ccn2ncnc2c1)N1C[C@H]2C[C@@H](Oc3ccc(F)cc3)[C@H](O)C[C@H]2C1. The van der Waals surface area contributed by atoms with Crippen molar-refractivity contribution in [3.05, 3.63) is 60.3 Å². The van der Waals surface area contributed by atoms with Crippen molar-refractivity contribution in [3.63, 3.8) is 0 Å². The maximum atomic E-state index is 13.1. The number of carbonyl (C=O) groups is 1. The molecule has 29 heavy (non-hydrogen) atoms. The number of hydrogen-bond donors (Lipinski definition) is 1. The standard InChI is InChI=1S/C21H21FN4O3/c22-16-1-3-17(4-2-16)29-19-8-15-11-25(10-14(15)7-18(19)27)21(28)13-5-6-26-20(9-13)23-12-24-26/h1-6,9,12,14-15,18-19,27H,7-8,10-11H2/t14-,15+,18+,19+/m0/s1. The summed E-state index contributed by atoms with van der Waals surface area (Å²) < 4.78 is 20.6. The van der Waals surface area contributed by atoms with Crippen molar-refractivity contribution in [1.82, 2.24) is 19.5 Å². The van der Waals surface area contributed by atoms with E-state index in [1.165, 1.54) is 18.5 Å². The van der Waals surface area contributed by atoms with E-state index in [4.69, 9.17) is 4.74 Å². The molecule has 5 rings (SSSR count). The molecule has 1 aliphatic heterocycles. The Morgan fingerprint density at radius 1 is 1.14 bits per heavy atom. The minimum atomic E-state index is -0.608. The molecule has 2 aromatic heterocycles. The molecule has 0 radical (unpaired) electrons. The lowest BCUT2D eigenvalue weighted by Crippen LogP contribution is -2.42. The second kappa shape index (κ2) is 7.11. The number of hydrogen-bond acceptors (Lipinski definition) is 5. The van der Waals surface area contributed by atoms with Gasteiger partial charge in [-0.2, -0.15) is 5.10 Å². The molecule has 0 unspecified atom stereocenters. The van der Waals surface area contributed by atoms with E-state index < -0.39 is 6.10 Å². The van der Waals surface area contributed by atoms with Gasteiger partial charge in [-0.3, -0.25) is 4.79 Å². The van der Waals surface area contributed by atoms with Gasteiger partial charge >= 0.3 is 0 Å². The molecule has 1 aromatic carbocycles. The van der Waals surface area contributed by atoms with Crippen LogP contribution in [0.25, 0.3) is 5.65 Å².